The van der Waals surface area contributed by atoms with Gasteiger partial charge < -0.3 is 4.90 Å². The third-order valence-corrected chi connectivity index (χ3v) is 6.13. The number of hydrogen-bond acceptors (Lipinski definition) is 8. The third-order valence-electron chi connectivity index (χ3n) is 5.19. The monoisotopic (exact) mass is 445 g/mol. The number of rotatable bonds is 7. The van der Waals surface area contributed by atoms with Gasteiger partial charge >= 0.3 is 0 Å². The predicted molar refractivity (Wildman–Crippen MR) is 114 cm³/mol. The molecule has 0 spiro atoms. The van der Waals surface area contributed by atoms with Gasteiger partial charge in [0.15, 0.2) is 5.16 Å². The molecule has 0 atom stereocenters. The first-order chi connectivity index (χ1) is 15.0. The molecular weight excluding hydrogens is 422 g/mol. The van der Waals surface area contributed by atoms with E-state index in [1.807, 2.05) is 0 Å². The minimum atomic E-state index is -0.554. The zero-order valence-corrected chi connectivity index (χ0v) is 17.6. The SMILES string of the molecule is O=C(CSc1nnc(N2CCCCC2)n1C1CC1)NNC(=O)c1ccc([N+](=O)[O-])cc1. The maximum atomic E-state index is 12.2. The van der Waals surface area contributed by atoms with Crippen molar-refractivity contribution in [2.75, 3.05) is 23.7 Å². The molecule has 2 amide bonds. The van der Waals surface area contributed by atoms with Crippen molar-refractivity contribution in [1.82, 2.24) is 25.6 Å². The van der Waals surface area contributed by atoms with Crippen LogP contribution in [0.25, 0.3) is 0 Å². The number of piperidine rings is 1. The van der Waals surface area contributed by atoms with Gasteiger partial charge in [0, 0.05) is 36.8 Å². The van der Waals surface area contributed by atoms with E-state index in [1.54, 1.807) is 0 Å². The fraction of sp³-hybridized carbons (Fsp3) is 0.474. The number of aromatic nitrogens is 3. The lowest BCUT2D eigenvalue weighted by Gasteiger charge is -2.27. The molecule has 2 N–H and O–H groups in total. The molecule has 0 bridgehead atoms. The van der Waals surface area contributed by atoms with Crippen molar-refractivity contribution in [2.24, 2.45) is 0 Å². The summed E-state index contributed by atoms with van der Waals surface area (Å²) in [6.45, 7) is 1.95. The van der Waals surface area contributed by atoms with Crippen molar-refractivity contribution >= 4 is 35.2 Å². The van der Waals surface area contributed by atoms with Gasteiger partial charge in [0.05, 0.1) is 10.7 Å². The summed E-state index contributed by atoms with van der Waals surface area (Å²) in [5.41, 5.74) is 4.78. The number of nitrogens with one attached hydrogen (secondary N) is 2. The number of carbonyl (C=O) groups excluding carboxylic acids is 2. The molecule has 164 valence electrons. The van der Waals surface area contributed by atoms with Crippen molar-refractivity contribution in [3.63, 3.8) is 0 Å². The highest BCUT2D eigenvalue weighted by atomic mass is 32.2. The number of carbonyl (C=O) groups is 2. The van der Waals surface area contributed by atoms with Crippen LogP contribution in [0.3, 0.4) is 0 Å². The van der Waals surface area contributed by atoms with Gasteiger partial charge in [-0.25, -0.2) is 0 Å². The van der Waals surface area contributed by atoms with Crippen LogP contribution in [-0.4, -0.2) is 50.3 Å². The Labute approximate surface area is 182 Å². The molecule has 0 radical (unpaired) electrons. The first kappa shape index (κ1) is 21.1. The molecule has 12 heteroatoms. The number of nitro benzene ring substituents is 1. The van der Waals surface area contributed by atoms with Crippen LogP contribution in [0.1, 0.15) is 48.5 Å². The number of hydrogen-bond donors (Lipinski definition) is 2. The second-order valence-electron chi connectivity index (χ2n) is 7.53. The number of non-ortho nitro benzene ring substituents is 1. The Morgan fingerprint density at radius 1 is 1.10 bits per heavy atom. The van der Waals surface area contributed by atoms with E-state index in [1.165, 1.54) is 42.4 Å². The Bertz CT molecular complexity index is 968. The summed E-state index contributed by atoms with van der Waals surface area (Å²) in [6, 6.07) is 5.51. The largest absolute Gasteiger partial charge is 0.341 e. The van der Waals surface area contributed by atoms with E-state index in [-0.39, 0.29) is 22.9 Å². The summed E-state index contributed by atoms with van der Waals surface area (Å²) in [7, 11) is 0. The molecule has 11 nitrogen and oxygen atoms in total. The highest BCUT2D eigenvalue weighted by Crippen LogP contribution is 2.41. The molecule has 2 aliphatic rings. The quantitative estimate of drug-likeness (QED) is 0.376. The fourth-order valence-electron chi connectivity index (χ4n) is 3.43. The molecule has 1 aromatic heterocycles. The maximum absolute atomic E-state index is 12.2. The minimum Gasteiger partial charge on any atom is -0.341 e. The van der Waals surface area contributed by atoms with Gasteiger partial charge in [-0.05, 0) is 44.2 Å². The summed E-state index contributed by atoms with van der Waals surface area (Å²) < 4.78 is 2.14. The van der Waals surface area contributed by atoms with Gasteiger partial charge in [-0.3, -0.25) is 35.1 Å². The van der Waals surface area contributed by atoms with E-state index < -0.39 is 10.8 Å². The standard InChI is InChI=1S/C19H23N7O4S/c27-16(20-21-17(28)13-4-6-15(7-5-13)26(29)30)12-31-19-23-22-18(25(19)14-8-9-14)24-10-2-1-3-11-24/h4-7,14H,1-3,8-12H2,(H,20,27)(H,21,28). The summed E-state index contributed by atoms with van der Waals surface area (Å²) in [5.74, 6) is 0.0225. The number of nitro groups is 1. The highest BCUT2D eigenvalue weighted by molar-refractivity contribution is 7.99. The van der Waals surface area contributed by atoms with Crippen LogP contribution >= 0.6 is 11.8 Å². The van der Waals surface area contributed by atoms with E-state index in [0.29, 0.717) is 11.2 Å². The Morgan fingerprint density at radius 3 is 2.45 bits per heavy atom. The molecule has 2 heterocycles. The number of hydrazine groups is 1. The topological polar surface area (TPSA) is 135 Å². The van der Waals surface area contributed by atoms with E-state index >= 15 is 0 Å². The number of nitrogens with zero attached hydrogens (tertiary/aromatic N) is 5. The first-order valence-corrected chi connectivity index (χ1v) is 11.2. The number of thioether (sulfide) groups is 1. The molecular formula is C19H23N7O4S. The fourth-order valence-corrected chi connectivity index (χ4v) is 4.23. The molecule has 1 aliphatic heterocycles. The van der Waals surface area contributed by atoms with Gasteiger partial charge in [0.1, 0.15) is 0 Å². The zero-order chi connectivity index (χ0) is 21.8. The lowest BCUT2D eigenvalue weighted by molar-refractivity contribution is -0.384. The Hall–Kier alpha value is -3.15. The van der Waals surface area contributed by atoms with E-state index in [9.17, 15) is 19.7 Å². The van der Waals surface area contributed by atoms with Crippen LogP contribution in [0.15, 0.2) is 29.4 Å². The Kier molecular flexibility index (Phi) is 6.35. The van der Waals surface area contributed by atoms with Crippen LogP contribution in [0.5, 0.6) is 0 Å². The summed E-state index contributed by atoms with van der Waals surface area (Å²) in [4.78, 5) is 36.7. The molecule has 2 aromatic rings. The Morgan fingerprint density at radius 2 is 1.81 bits per heavy atom. The Balaban J connectivity index is 1.30. The second-order valence-corrected chi connectivity index (χ2v) is 8.47. The van der Waals surface area contributed by atoms with E-state index in [2.05, 4.69) is 30.5 Å². The summed E-state index contributed by atoms with van der Waals surface area (Å²) in [5, 5.41) is 20.1. The molecule has 2 fully saturated rings. The van der Waals surface area contributed by atoms with Crippen LogP contribution in [0, 0.1) is 10.1 Å². The second kappa shape index (κ2) is 9.33. The normalized spacial score (nSPS) is 16.1. The highest BCUT2D eigenvalue weighted by Gasteiger charge is 2.32. The van der Waals surface area contributed by atoms with Crippen molar-refractivity contribution < 1.29 is 14.5 Å². The average molecular weight is 446 g/mol. The molecule has 1 aromatic carbocycles. The van der Waals surface area contributed by atoms with Crippen molar-refractivity contribution in [3.05, 3.63) is 39.9 Å². The van der Waals surface area contributed by atoms with Crippen LogP contribution < -0.4 is 15.8 Å². The lowest BCUT2D eigenvalue weighted by atomic mass is 10.1. The predicted octanol–water partition coefficient (Wildman–Crippen LogP) is 2.06. The van der Waals surface area contributed by atoms with Crippen molar-refractivity contribution in [2.45, 2.75) is 43.3 Å². The maximum Gasteiger partial charge on any atom is 0.269 e. The van der Waals surface area contributed by atoms with Gasteiger partial charge in [0.2, 0.25) is 11.9 Å². The lowest BCUT2D eigenvalue weighted by Crippen LogP contribution is -2.42. The molecule has 1 saturated carbocycles. The number of benzene rings is 1. The average Bonchev–Trinajstić information content (AvgIpc) is 3.55. The minimum absolute atomic E-state index is 0.0748. The smallest absolute Gasteiger partial charge is 0.269 e. The van der Waals surface area contributed by atoms with Gasteiger partial charge in [0.25, 0.3) is 11.6 Å². The molecule has 1 aliphatic carbocycles. The van der Waals surface area contributed by atoms with Gasteiger partial charge in [-0.15, -0.1) is 10.2 Å². The van der Waals surface area contributed by atoms with Crippen LogP contribution in [0.4, 0.5) is 11.6 Å². The zero-order valence-electron chi connectivity index (χ0n) is 16.8. The van der Waals surface area contributed by atoms with E-state index in [0.717, 1.165) is 44.7 Å². The summed E-state index contributed by atoms with van der Waals surface area (Å²) in [6.07, 6.45) is 5.71. The molecule has 0 unspecified atom stereocenters. The number of anilines is 1. The molecule has 1 saturated heterocycles. The first-order valence-electron chi connectivity index (χ1n) is 10.2. The van der Waals surface area contributed by atoms with Crippen molar-refractivity contribution in [3.8, 4) is 0 Å². The van der Waals surface area contributed by atoms with Crippen LogP contribution in [-0.2, 0) is 4.79 Å². The summed E-state index contributed by atoms with van der Waals surface area (Å²) >= 11 is 1.29. The van der Waals surface area contributed by atoms with E-state index in [4.69, 9.17) is 0 Å². The molecule has 4 rings (SSSR count). The third kappa shape index (κ3) is 5.13. The van der Waals surface area contributed by atoms with Gasteiger partial charge in [-0.2, -0.15) is 0 Å². The van der Waals surface area contributed by atoms with Gasteiger partial charge in [-0.1, -0.05) is 11.8 Å². The van der Waals surface area contributed by atoms with Crippen LogP contribution in [0.2, 0.25) is 0 Å². The number of amides is 2. The van der Waals surface area contributed by atoms with Crippen molar-refractivity contribution in [1.29, 1.82) is 0 Å². The molecule has 31 heavy (non-hydrogen) atoms.